The Balaban J connectivity index is 1.48. The first kappa shape index (κ1) is 32.6. The lowest BCUT2D eigenvalue weighted by molar-refractivity contribution is -0.119. The van der Waals surface area contributed by atoms with Crippen LogP contribution in [0.25, 0.3) is 0 Å². The Kier molecular flexibility index (Phi) is 11.0. The number of halogens is 1. The van der Waals surface area contributed by atoms with Crippen LogP contribution in [0.4, 0.5) is 5.69 Å². The van der Waals surface area contributed by atoms with E-state index in [4.69, 9.17) is 14.2 Å². The Morgan fingerprint density at radius 2 is 1.57 bits per heavy atom. The highest BCUT2D eigenvalue weighted by molar-refractivity contribution is 9.10. The SMILES string of the molecule is CCOc1ccc(S(=O)(=O)N(CC(=O)N/N=C\c2cc(Br)c(OCc3ccc(C)cc3)c(OC)c2)c2ccc(C)cc2)cc1. The van der Waals surface area contributed by atoms with Crippen molar-refractivity contribution in [3.05, 3.63) is 112 Å². The van der Waals surface area contributed by atoms with Crippen molar-refractivity contribution in [3.8, 4) is 17.2 Å². The molecule has 0 unspecified atom stereocenters. The van der Waals surface area contributed by atoms with Crippen molar-refractivity contribution in [2.45, 2.75) is 32.3 Å². The molecule has 0 aliphatic carbocycles. The number of hydrazone groups is 1. The zero-order valence-corrected chi connectivity index (χ0v) is 27.3. The molecule has 0 fully saturated rings. The van der Waals surface area contributed by atoms with Gasteiger partial charge in [-0.2, -0.15) is 5.10 Å². The van der Waals surface area contributed by atoms with Gasteiger partial charge in [0.25, 0.3) is 15.9 Å². The maximum Gasteiger partial charge on any atom is 0.264 e. The van der Waals surface area contributed by atoms with E-state index >= 15 is 0 Å². The fourth-order valence-electron chi connectivity index (χ4n) is 4.17. The number of anilines is 1. The highest BCUT2D eigenvalue weighted by Crippen LogP contribution is 2.37. The second-order valence-electron chi connectivity index (χ2n) is 9.85. The molecule has 11 heteroatoms. The molecular formula is C33H34BrN3O6S. The standard InChI is InChI=1S/C33H34BrN3O6S/c1-5-42-28-14-16-29(17-15-28)44(39,40)37(27-12-8-24(3)9-13-27)21-32(38)36-35-20-26-18-30(34)33(31(19-26)41-4)43-22-25-10-6-23(2)7-11-25/h6-20H,5,21-22H2,1-4H3,(H,36,38)/b35-20-. The molecule has 0 bridgehead atoms. The van der Waals surface area contributed by atoms with Crippen molar-refractivity contribution in [3.63, 3.8) is 0 Å². The Labute approximate surface area is 266 Å². The summed E-state index contributed by atoms with van der Waals surface area (Å²) in [6.45, 7) is 6.09. The first-order valence-electron chi connectivity index (χ1n) is 13.8. The number of rotatable bonds is 13. The molecule has 9 nitrogen and oxygen atoms in total. The third kappa shape index (κ3) is 8.39. The summed E-state index contributed by atoms with van der Waals surface area (Å²) < 4.78 is 46.0. The Morgan fingerprint density at radius 1 is 0.932 bits per heavy atom. The lowest BCUT2D eigenvalue weighted by Gasteiger charge is -2.24. The van der Waals surface area contributed by atoms with Gasteiger partial charge in [-0.15, -0.1) is 0 Å². The number of benzene rings is 4. The van der Waals surface area contributed by atoms with Gasteiger partial charge in [0.1, 0.15) is 18.9 Å². The van der Waals surface area contributed by atoms with Crippen molar-refractivity contribution < 1.29 is 27.4 Å². The summed E-state index contributed by atoms with van der Waals surface area (Å²) >= 11 is 3.53. The fraction of sp³-hybridized carbons (Fsp3) is 0.212. The lowest BCUT2D eigenvalue weighted by Crippen LogP contribution is -2.39. The van der Waals surface area contributed by atoms with Crippen LogP contribution < -0.4 is 23.9 Å². The zero-order chi connectivity index (χ0) is 31.7. The second kappa shape index (κ2) is 14.9. The normalized spacial score (nSPS) is 11.3. The molecule has 1 N–H and O–H groups in total. The fourth-order valence-corrected chi connectivity index (χ4v) is 6.16. The molecule has 44 heavy (non-hydrogen) atoms. The summed E-state index contributed by atoms with van der Waals surface area (Å²) in [6.07, 6.45) is 1.44. The molecule has 0 atom stereocenters. The topological polar surface area (TPSA) is 107 Å². The van der Waals surface area contributed by atoms with E-state index < -0.39 is 22.5 Å². The lowest BCUT2D eigenvalue weighted by atomic mass is 10.2. The van der Waals surface area contributed by atoms with Crippen LogP contribution in [-0.4, -0.2) is 40.8 Å². The first-order chi connectivity index (χ1) is 21.1. The molecule has 0 aromatic heterocycles. The maximum absolute atomic E-state index is 13.7. The van der Waals surface area contributed by atoms with Gasteiger partial charge in [-0.1, -0.05) is 47.5 Å². The number of hydrogen-bond donors (Lipinski definition) is 1. The third-order valence-corrected chi connectivity index (χ3v) is 8.87. The summed E-state index contributed by atoms with van der Waals surface area (Å²) in [5.74, 6) is 0.934. The number of hydrogen-bond acceptors (Lipinski definition) is 7. The number of nitrogens with one attached hydrogen (secondary N) is 1. The second-order valence-corrected chi connectivity index (χ2v) is 12.6. The van der Waals surface area contributed by atoms with Crippen LogP contribution in [0.5, 0.6) is 17.2 Å². The molecule has 230 valence electrons. The van der Waals surface area contributed by atoms with Gasteiger partial charge < -0.3 is 14.2 Å². The number of ether oxygens (including phenoxy) is 3. The van der Waals surface area contributed by atoms with Crippen LogP contribution in [0, 0.1) is 13.8 Å². The summed E-state index contributed by atoms with van der Waals surface area (Å²) in [4.78, 5) is 13.0. The van der Waals surface area contributed by atoms with E-state index in [9.17, 15) is 13.2 Å². The predicted molar refractivity (Wildman–Crippen MR) is 175 cm³/mol. The van der Waals surface area contributed by atoms with Crippen LogP contribution in [0.1, 0.15) is 29.2 Å². The Hall–Kier alpha value is -4.35. The van der Waals surface area contributed by atoms with Crippen LogP contribution in [0.15, 0.2) is 99.4 Å². The van der Waals surface area contributed by atoms with Crippen molar-refractivity contribution in [1.29, 1.82) is 0 Å². The average Bonchev–Trinajstić information content (AvgIpc) is 3.01. The maximum atomic E-state index is 13.7. The van der Waals surface area contributed by atoms with E-state index in [-0.39, 0.29) is 4.90 Å². The number of aryl methyl sites for hydroxylation is 2. The first-order valence-corrected chi connectivity index (χ1v) is 16.0. The third-order valence-electron chi connectivity index (χ3n) is 6.49. The van der Waals surface area contributed by atoms with Crippen LogP contribution in [0.2, 0.25) is 0 Å². The number of methoxy groups -OCH3 is 1. The van der Waals surface area contributed by atoms with Crippen LogP contribution in [0.3, 0.4) is 0 Å². The minimum Gasteiger partial charge on any atom is -0.494 e. The van der Waals surface area contributed by atoms with E-state index in [1.807, 2.05) is 45.0 Å². The molecule has 1 amide bonds. The summed E-state index contributed by atoms with van der Waals surface area (Å²) in [5.41, 5.74) is 6.53. The molecule has 0 spiro atoms. The van der Waals surface area contributed by atoms with Gasteiger partial charge in [0.05, 0.1) is 35.0 Å². The van der Waals surface area contributed by atoms with Crippen LogP contribution >= 0.6 is 15.9 Å². The van der Waals surface area contributed by atoms with Gasteiger partial charge >= 0.3 is 0 Å². The molecule has 0 aliphatic heterocycles. The number of carbonyl (C=O) groups is 1. The monoisotopic (exact) mass is 679 g/mol. The molecule has 4 aromatic rings. The molecule has 0 saturated carbocycles. The molecule has 0 aliphatic rings. The van der Waals surface area contributed by atoms with E-state index in [1.54, 1.807) is 48.5 Å². The minimum absolute atomic E-state index is 0.0273. The predicted octanol–water partition coefficient (Wildman–Crippen LogP) is 6.40. The number of amides is 1. The van der Waals surface area contributed by atoms with Crippen LogP contribution in [-0.2, 0) is 21.4 Å². The molecule has 4 aromatic carbocycles. The number of nitrogens with zero attached hydrogens (tertiary/aromatic N) is 2. The van der Waals surface area contributed by atoms with Crippen molar-refractivity contribution in [2.24, 2.45) is 5.10 Å². The van der Waals surface area contributed by atoms with Gasteiger partial charge in [-0.25, -0.2) is 13.8 Å². The number of carbonyl (C=O) groups excluding carboxylic acids is 1. The van der Waals surface area contributed by atoms with Gasteiger partial charge in [0, 0.05) is 0 Å². The highest BCUT2D eigenvalue weighted by Gasteiger charge is 2.27. The minimum atomic E-state index is -4.09. The van der Waals surface area contributed by atoms with E-state index in [2.05, 4.69) is 26.5 Å². The Morgan fingerprint density at radius 3 is 2.18 bits per heavy atom. The summed E-state index contributed by atoms with van der Waals surface area (Å²) in [5, 5.41) is 4.06. The van der Waals surface area contributed by atoms with Crippen molar-refractivity contribution >= 4 is 43.8 Å². The zero-order valence-electron chi connectivity index (χ0n) is 24.9. The molecular weight excluding hydrogens is 646 g/mol. The van der Waals surface area contributed by atoms with Gasteiger partial charge in [0.2, 0.25) is 0 Å². The van der Waals surface area contributed by atoms with Gasteiger partial charge in [-0.3, -0.25) is 9.10 Å². The average molecular weight is 681 g/mol. The van der Waals surface area contributed by atoms with E-state index in [0.717, 1.165) is 15.4 Å². The summed E-state index contributed by atoms with van der Waals surface area (Å²) in [7, 11) is -2.55. The smallest absolute Gasteiger partial charge is 0.264 e. The van der Waals surface area contributed by atoms with Crippen molar-refractivity contribution in [2.75, 3.05) is 24.6 Å². The van der Waals surface area contributed by atoms with Gasteiger partial charge in [-0.05, 0) is 96.4 Å². The molecule has 0 radical (unpaired) electrons. The van der Waals surface area contributed by atoms with Gasteiger partial charge in [0.15, 0.2) is 11.5 Å². The molecule has 0 heterocycles. The van der Waals surface area contributed by atoms with Crippen molar-refractivity contribution in [1.82, 2.24) is 5.43 Å². The quantitative estimate of drug-likeness (QED) is 0.130. The number of sulfonamides is 1. The Bertz CT molecular complexity index is 1710. The highest BCUT2D eigenvalue weighted by atomic mass is 79.9. The molecule has 4 rings (SSSR count). The van der Waals surface area contributed by atoms with E-state index in [1.165, 1.54) is 31.0 Å². The molecule has 0 saturated heterocycles. The van der Waals surface area contributed by atoms with E-state index in [0.29, 0.717) is 46.2 Å². The largest absolute Gasteiger partial charge is 0.494 e. The summed E-state index contributed by atoms with van der Waals surface area (Å²) in [6, 6.07) is 24.5.